The first kappa shape index (κ1) is 11.4. The number of nitrogens with zero attached hydrogens (tertiary/aromatic N) is 2. The van der Waals surface area contributed by atoms with Crippen molar-refractivity contribution >= 4 is 17.1 Å². The van der Waals surface area contributed by atoms with Gasteiger partial charge in [0, 0.05) is 12.1 Å². The molecule has 0 unspecified atom stereocenters. The number of imidazole rings is 1. The lowest BCUT2D eigenvalue weighted by atomic mass is 10.1. The summed E-state index contributed by atoms with van der Waals surface area (Å²) >= 11 is 0. The number of aromatic nitrogens is 4. The van der Waals surface area contributed by atoms with Gasteiger partial charge < -0.3 is 16.5 Å². The molecule has 0 radical (unpaired) electrons. The third kappa shape index (κ3) is 1.95. The number of aromatic amines is 2. The number of hydrogen-bond acceptors (Lipinski definition) is 5. The Bertz CT molecular complexity index is 803. The van der Waals surface area contributed by atoms with Crippen molar-refractivity contribution in [3.63, 3.8) is 0 Å². The summed E-state index contributed by atoms with van der Waals surface area (Å²) in [7, 11) is 0. The standard InChI is InChI=1S/C12H12N6O/c13-5-6-2-1-3-7(4-6)9-15-8-10(16-9)17-12(14)18-11(8)19/h1-4H,5,13H2,(H4,14,15,16,17,18,19). The molecule has 0 aliphatic carbocycles. The van der Waals surface area contributed by atoms with Gasteiger partial charge >= 0.3 is 0 Å². The van der Waals surface area contributed by atoms with Crippen LogP contribution in [0.5, 0.6) is 0 Å². The second-order valence-electron chi connectivity index (χ2n) is 4.14. The van der Waals surface area contributed by atoms with Gasteiger partial charge in [0.15, 0.2) is 11.2 Å². The van der Waals surface area contributed by atoms with Crippen LogP contribution in [0.2, 0.25) is 0 Å². The fourth-order valence-electron chi connectivity index (χ4n) is 1.91. The van der Waals surface area contributed by atoms with E-state index in [1.54, 1.807) is 0 Å². The molecule has 0 saturated heterocycles. The van der Waals surface area contributed by atoms with E-state index < -0.39 is 0 Å². The molecule has 0 amide bonds. The van der Waals surface area contributed by atoms with Crippen LogP contribution in [0.25, 0.3) is 22.6 Å². The summed E-state index contributed by atoms with van der Waals surface area (Å²) in [4.78, 5) is 25.3. The van der Waals surface area contributed by atoms with E-state index in [4.69, 9.17) is 11.5 Å². The average molecular weight is 256 g/mol. The summed E-state index contributed by atoms with van der Waals surface area (Å²) in [6.07, 6.45) is 0. The minimum absolute atomic E-state index is 0.0475. The minimum atomic E-state index is -0.337. The van der Waals surface area contributed by atoms with E-state index in [0.29, 0.717) is 23.5 Å². The third-order valence-corrected chi connectivity index (χ3v) is 2.82. The summed E-state index contributed by atoms with van der Waals surface area (Å²) in [6.45, 7) is 0.444. The lowest BCUT2D eigenvalue weighted by Gasteiger charge is -1.99. The summed E-state index contributed by atoms with van der Waals surface area (Å²) in [5.41, 5.74) is 13.2. The number of fused-ring (bicyclic) bond motifs is 1. The van der Waals surface area contributed by atoms with Crippen LogP contribution in [0.15, 0.2) is 29.1 Å². The molecular formula is C12H12N6O. The van der Waals surface area contributed by atoms with Crippen molar-refractivity contribution in [3.8, 4) is 11.4 Å². The summed E-state index contributed by atoms with van der Waals surface area (Å²) in [6, 6.07) is 7.61. The average Bonchev–Trinajstić information content (AvgIpc) is 2.83. The zero-order valence-electron chi connectivity index (χ0n) is 9.97. The molecule has 0 atom stereocenters. The van der Waals surface area contributed by atoms with Crippen molar-refractivity contribution in [2.24, 2.45) is 5.73 Å². The van der Waals surface area contributed by atoms with Gasteiger partial charge in [-0.1, -0.05) is 18.2 Å². The number of nitrogen functional groups attached to an aromatic ring is 1. The quantitative estimate of drug-likeness (QED) is 0.526. The summed E-state index contributed by atoms with van der Waals surface area (Å²) in [5, 5.41) is 0. The first-order chi connectivity index (χ1) is 9.17. The fraction of sp³-hybridized carbons (Fsp3) is 0.0833. The number of nitrogens with one attached hydrogen (secondary N) is 2. The maximum Gasteiger partial charge on any atom is 0.278 e. The van der Waals surface area contributed by atoms with Crippen LogP contribution >= 0.6 is 0 Å². The largest absolute Gasteiger partial charge is 0.369 e. The second-order valence-corrected chi connectivity index (χ2v) is 4.14. The Morgan fingerprint density at radius 2 is 2.05 bits per heavy atom. The van der Waals surface area contributed by atoms with Crippen molar-refractivity contribution in [2.45, 2.75) is 6.54 Å². The van der Waals surface area contributed by atoms with Gasteiger partial charge in [-0.15, -0.1) is 0 Å². The van der Waals surface area contributed by atoms with Gasteiger partial charge in [0.25, 0.3) is 5.56 Å². The topological polar surface area (TPSA) is 126 Å². The predicted molar refractivity (Wildman–Crippen MR) is 72.2 cm³/mol. The highest BCUT2D eigenvalue weighted by Crippen LogP contribution is 2.19. The first-order valence-corrected chi connectivity index (χ1v) is 5.72. The molecule has 96 valence electrons. The number of anilines is 1. The van der Waals surface area contributed by atoms with Gasteiger partial charge in [-0.3, -0.25) is 9.78 Å². The normalized spacial score (nSPS) is 11.0. The van der Waals surface area contributed by atoms with Crippen LogP contribution in [-0.2, 0) is 6.54 Å². The number of rotatable bonds is 2. The Hall–Kier alpha value is -2.67. The van der Waals surface area contributed by atoms with Crippen LogP contribution in [-0.4, -0.2) is 19.9 Å². The highest BCUT2D eigenvalue weighted by molar-refractivity contribution is 5.75. The molecule has 0 spiro atoms. The minimum Gasteiger partial charge on any atom is -0.369 e. The Labute approximate surface area is 107 Å². The molecule has 0 fully saturated rings. The molecule has 1 aromatic carbocycles. The number of H-pyrrole nitrogens is 2. The fourth-order valence-corrected chi connectivity index (χ4v) is 1.91. The Kier molecular flexibility index (Phi) is 2.53. The van der Waals surface area contributed by atoms with E-state index in [1.807, 2.05) is 24.3 Å². The molecule has 19 heavy (non-hydrogen) atoms. The third-order valence-electron chi connectivity index (χ3n) is 2.82. The molecule has 7 nitrogen and oxygen atoms in total. The van der Waals surface area contributed by atoms with Gasteiger partial charge in [0.2, 0.25) is 5.95 Å². The molecule has 0 aliphatic rings. The van der Waals surface area contributed by atoms with E-state index in [9.17, 15) is 4.79 Å². The van der Waals surface area contributed by atoms with E-state index >= 15 is 0 Å². The van der Waals surface area contributed by atoms with Crippen LogP contribution in [0.4, 0.5) is 5.95 Å². The number of hydrogen-bond donors (Lipinski definition) is 4. The molecule has 6 N–H and O–H groups in total. The van der Waals surface area contributed by atoms with Crippen molar-refractivity contribution < 1.29 is 0 Å². The lowest BCUT2D eigenvalue weighted by molar-refractivity contribution is 1.07. The van der Waals surface area contributed by atoms with E-state index in [-0.39, 0.29) is 11.5 Å². The molecule has 3 aromatic rings. The highest BCUT2D eigenvalue weighted by atomic mass is 16.1. The predicted octanol–water partition coefficient (Wildman–Crippen LogP) is 0.354. The number of benzene rings is 1. The van der Waals surface area contributed by atoms with Gasteiger partial charge in [-0.2, -0.15) is 4.98 Å². The van der Waals surface area contributed by atoms with Gasteiger partial charge in [-0.05, 0) is 11.6 Å². The molecule has 3 rings (SSSR count). The summed E-state index contributed by atoms with van der Waals surface area (Å²) < 4.78 is 0. The molecule has 2 heterocycles. The highest BCUT2D eigenvalue weighted by Gasteiger charge is 2.10. The molecule has 0 bridgehead atoms. The summed E-state index contributed by atoms with van der Waals surface area (Å²) in [5.74, 6) is 0.611. The van der Waals surface area contributed by atoms with E-state index in [1.165, 1.54) is 0 Å². The molecule has 0 aliphatic heterocycles. The maximum absolute atomic E-state index is 11.7. The maximum atomic E-state index is 11.7. The first-order valence-electron chi connectivity index (χ1n) is 5.72. The Balaban J connectivity index is 2.20. The van der Waals surface area contributed by atoms with Crippen molar-refractivity contribution in [2.75, 3.05) is 5.73 Å². The van der Waals surface area contributed by atoms with Crippen LogP contribution < -0.4 is 17.0 Å². The molecule has 7 heteroatoms. The van der Waals surface area contributed by atoms with Crippen LogP contribution in [0, 0.1) is 0 Å². The zero-order valence-corrected chi connectivity index (χ0v) is 9.97. The van der Waals surface area contributed by atoms with Crippen molar-refractivity contribution in [3.05, 3.63) is 40.2 Å². The van der Waals surface area contributed by atoms with E-state index in [0.717, 1.165) is 11.1 Å². The second kappa shape index (κ2) is 4.21. The number of nitrogens with two attached hydrogens (primary N) is 2. The van der Waals surface area contributed by atoms with Gasteiger partial charge in [0.1, 0.15) is 5.82 Å². The zero-order chi connectivity index (χ0) is 13.4. The van der Waals surface area contributed by atoms with Crippen molar-refractivity contribution in [1.29, 1.82) is 0 Å². The monoisotopic (exact) mass is 256 g/mol. The van der Waals surface area contributed by atoms with Crippen LogP contribution in [0.1, 0.15) is 5.56 Å². The molecule has 2 aromatic heterocycles. The Morgan fingerprint density at radius 3 is 2.84 bits per heavy atom. The molecule has 0 saturated carbocycles. The Morgan fingerprint density at radius 1 is 1.21 bits per heavy atom. The van der Waals surface area contributed by atoms with Crippen molar-refractivity contribution in [1.82, 2.24) is 19.9 Å². The smallest absolute Gasteiger partial charge is 0.278 e. The molecular weight excluding hydrogens is 244 g/mol. The van der Waals surface area contributed by atoms with Gasteiger partial charge in [0.05, 0.1) is 0 Å². The van der Waals surface area contributed by atoms with Gasteiger partial charge in [-0.25, -0.2) is 4.98 Å². The lowest BCUT2D eigenvalue weighted by Crippen LogP contribution is -2.10. The van der Waals surface area contributed by atoms with Crippen LogP contribution in [0.3, 0.4) is 0 Å². The SMILES string of the molecule is NCc1cccc(-c2nc3nc(N)[nH]c(=O)c3[nH]2)c1. The van der Waals surface area contributed by atoms with E-state index in [2.05, 4.69) is 19.9 Å².